The van der Waals surface area contributed by atoms with Crippen LogP contribution in [0, 0.1) is 0 Å². The monoisotopic (exact) mass is 315 g/mol. The van der Waals surface area contributed by atoms with Crippen LogP contribution in [0.1, 0.15) is 17.6 Å². The number of amides is 1. The smallest absolute Gasteiger partial charge is 0.250 e. The summed E-state index contributed by atoms with van der Waals surface area (Å²) >= 11 is 1.60. The van der Waals surface area contributed by atoms with Gasteiger partial charge in [0.05, 0.1) is 17.2 Å². The number of nitrogens with one attached hydrogen (secondary N) is 1. The van der Waals surface area contributed by atoms with Gasteiger partial charge < -0.3 is 15.8 Å². The highest BCUT2D eigenvalue weighted by Gasteiger charge is 2.15. The van der Waals surface area contributed by atoms with E-state index in [-0.39, 0.29) is 37.3 Å². The van der Waals surface area contributed by atoms with E-state index in [0.717, 1.165) is 17.1 Å². The number of ether oxygens (including phenoxy) is 1. The van der Waals surface area contributed by atoms with E-state index in [1.165, 1.54) is 7.11 Å². The van der Waals surface area contributed by atoms with Crippen LogP contribution in [0.4, 0.5) is 0 Å². The lowest BCUT2D eigenvalue weighted by molar-refractivity contribution is -0.130. The van der Waals surface area contributed by atoms with Gasteiger partial charge in [-0.25, -0.2) is 4.98 Å². The molecule has 0 saturated heterocycles. The van der Waals surface area contributed by atoms with Crippen LogP contribution in [0.2, 0.25) is 0 Å². The van der Waals surface area contributed by atoms with Gasteiger partial charge in [0.15, 0.2) is 0 Å². The van der Waals surface area contributed by atoms with E-state index in [1.807, 2.05) is 5.38 Å². The van der Waals surface area contributed by atoms with Gasteiger partial charge >= 0.3 is 0 Å². The number of aryl methyl sites for hydroxylation is 1. The summed E-state index contributed by atoms with van der Waals surface area (Å²) in [5, 5.41) is 5.76. The number of nitrogens with two attached hydrogens (primary N) is 1. The third-order valence-electron chi connectivity index (χ3n) is 2.14. The van der Waals surface area contributed by atoms with Crippen molar-refractivity contribution in [3.05, 3.63) is 16.1 Å². The van der Waals surface area contributed by atoms with Crippen LogP contribution >= 0.6 is 36.2 Å². The van der Waals surface area contributed by atoms with E-state index < -0.39 is 6.10 Å². The average Bonchev–Trinajstić information content (AvgIpc) is 2.76. The first-order chi connectivity index (χ1) is 7.71. The quantitative estimate of drug-likeness (QED) is 0.825. The number of thiazole rings is 1. The zero-order valence-corrected chi connectivity index (χ0v) is 12.8. The number of rotatable bonds is 6. The number of carbonyl (C=O) groups excluding carboxylic acids is 1. The second-order valence-electron chi connectivity index (χ2n) is 3.26. The lowest BCUT2D eigenvalue weighted by Gasteiger charge is -2.11. The largest absolute Gasteiger partial charge is 0.370 e. The molecular formula is C10H19Cl2N3O2S. The second kappa shape index (κ2) is 10.5. The maximum Gasteiger partial charge on any atom is 0.250 e. The molecule has 1 atom stereocenters. The van der Waals surface area contributed by atoms with Crippen molar-refractivity contribution in [3.8, 4) is 0 Å². The Morgan fingerprint density at radius 3 is 2.72 bits per heavy atom. The average molecular weight is 316 g/mol. The molecule has 0 bridgehead atoms. The first kappa shape index (κ1) is 19.9. The van der Waals surface area contributed by atoms with Gasteiger partial charge in [0, 0.05) is 19.0 Å². The van der Waals surface area contributed by atoms with Crippen LogP contribution in [0.25, 0.3) is 0 Å². The van der Waals surface area contributed by atoms with Crippen LogP contribution < -0.4 is 11.1 Å². The molecule has 0 radical (unpaired) electrons. The fourth-order valence-electron chi connectivity index (χ4n) is 1.19. The first-order valence-corrected chi connectivity index (χ1v) is 6.03. The molecule has 0 aromatic carbocycles. The molecule has 1 aromatic heterocycles. The molecule has 0 spiro atoms. The number of hydrogen-bond donors (Lipinski definition) is 2. The minimum absolute atomic E-state index is 0. The van der Waals surface area contributed by atoms with Gasteiger partial charge in [-0.3, -0.25) is 4.79 Å². The van der Waals surface area contributed by atoms with Crippen molar-refractivity contribution >= 4 is 42.1 Å². The number of carbonyl (C=O) groups is 1. The number of halogens is 2. The van der Waals surface area contributed by atoms with Crippen molar-refractivity contribution in [2.24, 2.45) is 5.73 Å². The Morgan fingerprint density at radius 1 is 1.61 bits per heavy atom. The highest BCUT2D eigenvalue weighted by molar-refractivity contribution is 7.09. The first-order valence-electron chi connectivity index (χ1n) is 5.15. The minimum atomic E-state index is -0.579. The van der Waals surface area contributed by atoms with E-state index in [0.29, 0.717) is 6.54 Å². The molecule has 0 aliphatic rings. The highest BCUT2D eigenvalue weighted by atomic mass is 35.5. The minimum Gasteiger partial charge on any atom is -0.370 e. The number of nitrogens with zero attached hydrogens (tertiary/aromatic N) is 1. The summed E-state index contributed by atoms with van der Waals surface area (Å²) in [4.78, 5) is 15.9. The van der Waals surface area contributed by atoms with E-state index >= 15 is 0 Å². The Kier molecular flexibility index (Phi) is 11.6. The molecule has 106 valence electrons. The van der Waals surface area contributed by atoms with Crippen LogP contribution in [0.3, 0.4) is 0 Å². The van der Waals surface area contributed by atoms with Gasteiger partial charge in [0.1, 0.15) is 6.10 Å². The van der Waals surface area contributed by atoms with E-state index in [1.54, 1.807) is 11.3 Å². The van der Waals surface area contributed by atoms with E-state index in [9.17, 15) is 4.79 Å². The zero-order valence-electron chi connectivity index (χ0n) is 10.3. The van der Waals surface area contributed by atoms with Crippen molar-refractivity contribution < 1.29 is 9.53 Å². The van der Waals surface area contributed by atoms with Crippen LogP contribution in [-0.2, 0) is 22.5 Å². The predicted octanol–water partition coefficient (Wildman–Crippen LogP) is 1.14. The van der Waals surface area contributed by atoms with Gasteiger partial charge in [0.25, 0.3) is 5.91 Å². The van der Waals surface area contributed by atoms with Gasteiger partial charge in [-0.2, -0.15) is 0 Å². The molecular weight excluding hydrogens is 297 g/mol. The number of methoxy groups -OCH3 is 1. The normalized spacial score (nSPS) is 11.1. The Hall–Kier alpha value is -0.400. The standard InChI is InChI=1S/C10H17N3O2S.2ClH/c1-3-9-13-7(6-16-9)5-12-10(14)8(4-11)15-2;;/h6,8H,3-5,11H2,1-2H3,(H,12,14);2*1H. The lowest BCUT2D eigenvalue weighted by atomic mass is 10.3. The summed E-state index contributed by atoms with van der Waals surface area (Å²) in [6.07, 6.45) is 0.339. The summed E-state index contributed by atoms with van der Waals surface area (Å²) in [5.74, 6) is -0.198. The number of hydrogen-bond acceptors (Lipinski definition) is 5. The highest BCUT2D eigenvalue weighted by Crippen LogP contribution is 2.09. The fraction of sp³-hybridized carbons (Fsp3) is 0.600. The summed E-state index contributed by atoms with van der Waals surface area (Å²) in [7, 11) is 1.47. The Labute approximate surface area is 123 Å². The lowest BCUT2D eigenvalue weighted by Crippen LogP contribution is -2.40. The van der Waals surface area contributed by atoms with Crippen molar-refractivity contribution in [1.82, 2.24) is 10.3 Å². The molecule has 1 unspecified atom stereocenters. The van der Waals surface area contributed by atoms with Crippen molar-refractivity contribution in [2.45, 2.75) is 26.0 Å². The van der Waals surface area contributed by atoms with Crippen LogP contribution in [0.5, 0.6) is 0 Å². The summed E-state index contributed by atoms with van der Waals surface area (Å²) < 4.78 is 4.92. The maximum atomic E-state index is 11.5. The third kappa shape index (κ3) is 5.97. The SMILES string of the molecule is CCc1nc(CNC(=O)C(CN)OC)cs1.Cl.Cl. The van der Waals surface area contributed by atoms with Gasteiger partial charge in [0.2, 0.25) is 0 Å². The van der Waals surface area contributed by atoms with E-state index in [4.69, 9.17) is 10.5 Å². The molecule has 1 heterocycles. The molecule has 1 amide bonds. The molecule has 1 aromatic rings. The Bertz CT molecular complexity index is 346. The fourth-order valence-corrected chi connectivity index (χ4v) is 1.94. The second-order valence-corrected chi connectivity index (χ2v) is 4.21. The Morgan fingerprint density at radius 2 is 2.28 bits per heavy atom. The van der Waals surface area contributed by atoms with Gasteiger partial charge in [-0.05, 0) is 6.42 Å². The van der Waals surface area contributed by atoms with Crippen molar-refractivity contribution in [2.75, 3.05) is 13.7 Å². The summed E-state index contributed by atoms with van der Waals surface area (Å²) in [5.41, 5.74) is 6.26. The molecule has 5 nitrogen and oxygen atoms in total. The van der Waals surface area contributed by atoms with Crippen LogP contribution in [-0.4, -0.2) is 30.6 Å². The predicted molar refractivity (Wildman–Crippen MR) is 77.7 cm³/mol. The molecule has 1 rings (SSSR count). The maximum absolute atomic E-state index is 11.5. The molecule has 3 N–H and O–H groups in total. The Balaban J connectivity index is 0. The van der Waals surface area contributed by atoms with Gasteiger partial charge in [-0.1, -0.05) is 6.92 Å². The molecule has 0 saturated carbocycles. The van der Waals surface area contributed by atoms with Crippen molar-refractivity contribution in [3.63, 3.8) is 0 Å². The molecule has 0 aliphatic heterocycles. The molecule has 18 heavy (non-hydrogen) atoms. The van der Waals surface area contributed by atoms with Crippen molar-refractivity contribution in [1.29, 1.82) is 0 Å². The summed E-state index contributed by atoms with van der Waals surface area (Å²) in [6, 6.07) is 0. The molecule has 8 heteroatoms. The van der Waals surface area contributed by atoms with E-state index in [2.05, 4.69) is 17.2 Å². The zero-order chi connectivity index (χ0) is 12.0. The molecule has 0 fully saturated rings. The molecule has 0 aliphatic carbocycles. The van der Waals surface area contributed by atoms with Crippen LogP contribution in [0.15, 0.2) is 5.38 Å². The van der Waals surface area contributed by atoms with Gasteiger partial charge in [-0.15, -0.1) is 36.2 Å². The third-order valence-corrected chi connectivity index (χ3v) is 3.18. The topological polar surface area (TPSA) is 77.2 Å². The summed E-state index contributed by atoms with van der Waals surface area (Å²) in [6.45, 7) is 2.66. The number of aromatic nitrogens is 1.